The molecule has 0 aromatic heterocycles. The SMILES string of the molecule is O=C(O)CCOCCOCCNC(=O)C=CBr. The van der Waals surface area contributed by atoms with Gasteiger partial charge in [-0.15, -0.1) is 0 Å². The lowest BCUT2D eigenvalue weighted by Crippen LogP contribution is -2.25. The number of aliphatic carboxylic acids is 1. The van der Waals surface area contributed by atoms with Crippen molar-refractivity contribution in [2.45, 2.75) is 6.42 Å². The molecule has 0 aromatic rings. The molecular weight excluding hydrogens is 294 g/mol. The highest BCUT2D eigenvalue weighted by molar-refractivity contribution is 9.11. The van der Waals surface area contributed by atoms with Gasteiger partial charge in [0.05, 0.1) is 32.8 Å². The Morgan fingerprint density at radius 1 is 1.18 bits per heavy atom. The highest BCUT2D eigenvalue weighted by Crippen LogP contribution is 1.84. The number of carbonyl (C=O) groups is 2. The Hall–Kier alpha value is -0.920. The average molecular weight is 310 g/mol. The molecule has 7 heteroatoms. The topological polar surface area (TPSA) is 84.9 Å². The van der Waals surface area contributed by atoms with Gasteiger partial charge in [0.2, 0.25) is 5.91 Å². The van der Waals surface area contributed by atoms with E-state index in [0.29, 0.717) is 26.4 Å². The Labute approximate surface area is 108 Å². The molecule has 0 aliphatic heterocycles. The molecule has 0 bridgehead atoms. The van der Waals surface area contributed by atoms with Crippen molar-refractivity contribution in [3.05, 3.63) is 11.1 Å². The molecule has 0 rings (SSSR count). The van der Waals surface area contributed by atoms with Gasteiger partial charge in [0.15, 0.2) is 0 Å². The second-order valence-electron chi connectivity index (χ2n) is 2.95. The minimum Gasteiger partial charge on any atom is -0.481 e. The molecule has 0 aliphatic carbocycles. The predicted octanol–water partition coefficient (Wildman–Crippen LogP) is 0.519. The summed E-state index contributed by atoms with van der Waals surface area (Å²) in [5.74, 6) is -1.07. The Morgan fingerprint density at radius 3 is 2.41 bits per heavy atom. The van der Waals surface area contributed by atoms with Gasteiger partial charge in [-0.05, 0) is 4.99 Å². The van der Waals surface area contributed by atoms with Gasteiger partial charge in [-0.3, -0.25) is 9.59 Å². The summed E-state index contributed by atoms with van der Waals surface area (Å²) < 4.78 is 10.1. The molecule has 0 saturated carbocycles. The molecular formula is C10H16BrNO5. The van der Waals surface area contributed by atoms with E-state index >= 15 is 0 Å². The summed E-state index contributed by atoms with van der Waals surface area (Å²) in [5.41, 5.74) is 0. The predicted molar refractivity (Wildman–Crippen MR) is 65.0 cm³/mol. The van der Waals surface area contributed by atoms with Crippen LogP contribution in [0.3, 0.4) is 0 Å². The summed E-state index contributed by atoms with van der Waals surface area (Å²) >= 11 is 2.99. The first kappa shape index (κ1) is 16.1. The molecule has 1 amide bonds. The second kappa shape index (κ2) is 11.6. The first-order valence-corrected chi connectivity index (χ1v) is 6.00. The number of nitrogens with one attached hydrogen (secondary N) is 1. The number of rotatable bonds is 10. The number of hydrogen-bond acceptors (Lipinski definition) is 4. The van der Waals surface area contributed by atoms with E-state index in [2.05, 4.69) is 21.2 Å². The molecule has 0 saturated heterocycles. The van der Waals surface area contributed by atoms with Crippen molar-refractivity contribution in [3.8, 4) is 0 Å². The number of carboxylic acid groups (broad SMARTS) is 1. The van der Waals surface area contributed by atoms with Crippen molar-refractivity contribution in [2.75, 3.05) is 33.0 Å². The summed E-state index contributed by atoms with van der Waals surface area (Å²) in [6, 6.07) is 0. The van der Waals surface area contributed by atoms with E-state index in [1.165, 1.54) is 11.1 Å². The molecule has 0 aromatic carbocycles. The van der Waals surface area contributed by atoms with Crippen LogP contribution in [-0.4, -0.2) is 50.0 Å². The molecule has 98 valence electrons. The number of halogens is 1. The second-order valence-corrected chi connectivity index (χ2v) is 3.48. The first-order valence-electron chi connectivity index (χ1n) is 5.08. The third-order valence-electron chi connectivity index (χ3n) is 1.59. The van der Waals surface area contributed by atoms with E-state index < -0.39 is 5.97 Å². The zero-order valence-corrected chi connectivity index (χ0v) is 10.9. The Bertz CT molecular complexity index is 257. The van der Waals surface area contributed by atoms with Crippen molar-refractivity contribution < 1.29 is 24.2 Å². The van der Waals surface area contributed by atoms with E-state index in [-0.39, 0.29) is 18.9 Å². The molecule has 0 radical (unpaired) electrons. The molecule has 2 N–H and O–H groups in total. The lowest BCUT2D eigenvalue weighted by Gasteiger charge is -2.05. The third kappa shape index (κ3) is 13.0. The van der Waals surface area contributed by atoms with Crippen LogP contribution in [0.25, 0.3) is 0 Å². The molecule has 0 heterocycles. The number of amides is 1. The van der Waals surface area contributed by atoms with E-state index in [9.17, 15) is 9.59 Å². The first-order chi connectivity index (χ1) is 8.16. The van der Waals surface area contributed by atoms with Crippen molar-refractivity contribution in [2.24, 2.45) is 0 Å². The normalized spacial score (nSPS) is 10.6. The summed E-state index contributed by atoms with van der Waals surface area (Å²) in [6.07, 6.45) is 1.35. The van der Waals surface area contributed by atoms with Crippen molar-refractivity contribution in [3.63, 3.8) is 0 Å². The zero-order valence-electron chi connectivity index (χ0n) is 9.36. The molecule has 6 nitrogen and oxygen atoms in total. The lowest BCUT2D eigenvalue weighted by molar-refractivity contribution is -0.138. The lowest BCUT2D eigenvalue weighted by atomic mass is 10.5. The molecule has 0 atom stereocenters. The van der Waals surface area contributed by atoms with Gasteiger partial charge in [-0.25, -0.2) is 0 Å². The van der Waals surface area contributed by atoms with E-state index in [0.717, 1.165) is 0 Å². The minimum atomic E-state index is -0.881. The molecule has 17 heavy (non-hydrogen) atoms. The highest BCUT2D eigenvalue weighted by Gasteiger charge is 1.96. The van der Waals surface area contributed by atoms with Gasteiger partial charge in [0, 0.05) is 12.6 Å². The van der Waals surface area contributed by atoms with E-state index in [1.54, 1.807) is 0 Å². The van der Waals surface area contributed by atoms with E-state index in [4.69, 9.17) is 14.6 Å². The number of hydrogen-bond donors (Lipinski definition) is 2. The van der Waals surface area contributed by atoms with Crippen molar-refractivity contribution in [1.82, 2.24) is 5.32 Å². The van der Waals surface area contributed by atoms with Crippen LogP contribution in [0.4, 0.5) is 0 Å². The Morgan fingerprint density at radius 2 is 1.82 bits per heavy atom. The van der Waals surface area contributed by atoms with Crippen LogP contribution in [0.2, 0.25) is 0 Å². The fourth-order valence-corrected chi connectivity index (χ4v) is 1.08. The van der Waals surface area contributed by atoms with Gasteiger partial charge in [0.25, 0.3) is 0 Å². The summed E-state index contributed by atoms with van der Waals surface area (Å²) in [6.45, 7) is 1.73. The van der Waals surface area contributed by atoms with Crippen LogP contribution >= 0.6 is 15.9 Å². The van der Waals surface area contributed by atoms with Crippen LogP contribution in [0.5, 0.6) is 0 Å². The summed E-state index contributed by atoms with van der Waals surface area (Å²) in [5, 5.41) is 10.9. The summed E-state index contributed by atoms with van der Waals surface area (Å²) in [7, 11) is 0. The van der Waals surface area contributed by atoms with Crippen LogP contribution in [0, 0.1) is 0 Å². The van der Waals surface area contributed by atoms with Crippen molar-refractivity contribution >= 4 is 27.8 Å². The largest absolute Gasteiger partial charge is 0.481 e. The van der Waals surface area contributed by atoms with Gasteiger partial charge in [0.1, 0.15) is 0 Å². The number of carbonyl (C=O) groups excluding carboxylic acids is 1. The Kier molecular flexibility index (Phi) is 10.9. The maximum absolute atomic E-state index is 10.9. The maximum Gasteiger partial charge on any atom is 0.305 e. The minimum absolute atomic E-state index is 0.00502. The molecule has 0 fully saturated rings. The van der Waals surface area contributed by atoms with E-state index in [1.807, 2.05) is 0 Å². The van der Waals surface area contributed by atoms with Crippen LogP contribution in [-0.2, 0) is 19.1 Å². The molecule has 0 aliphatic rings. The van der Waals surface area contributed by atoms with Gasteiger partial charge >= 0.3 is 5.97 Å². The average Bonchev–Trinajstić information content (AvgIpc) is 2.27. The fraction of sp³-hybridized carbons (Fsp3) is 0.600. The van der Waals surface area contributed by atoms with Crippen molar-refractivity contribution in [1.29, 1.82) is 0 Å². The monoisotopic (exact) mass is 309 g/mol. The van der Waals surface area contributed by atoms with Crippen LogP contribution in [0.15, 0.2) is 11.1 Å². The number of ether oxygens (including phenoxy) is 2. The van der Waals surface area contributed by atoms with Crippen LogP contribution in [0.1, 0.15) is 6.42 Å². The Balaban J connectivity index is 3.13. The smallest absolute Gasteiger partial charge is 0.305 e. The zero-order chi connectivity index (χ0) is 12.9. The summed E-state index contributed by atoms with van der Waals surface area (Å²) in [4.78, 5) is 22.5. The fourth-order valence-electron chi connectivity index (χ4n) is 0.844. The quantitative estimate of drug-likeness (QED) is 0.454. The van der Waals surface area contributed by atoms with Gasteiger partial charge in [-0.1, -0.05) is 15.9 Å². The third-order valence-corrected chi connectivity index (χ3v) is 1.86. The standard InChI is InChI=1S/C10H16BrNO5/c11-3-1-9(13)12-4-6-17-8-7-16-5-2-10(14)15/h1,3H,2,4-8H2,(H,12,13)(H,14,15). The highest BCUT2D eigenvalue weighted by atomic mass is 79.9. The van der Waals surface area contributed by atoms with Gasteiger partial charge < -0.3 is 19.9 Å². The maximum atomic E-state index is 10.9. The molecule has 0 spiro atoms. The van der Waals surface area contributed by atoms with Gasteiger partial charge in [-0.2, -0.15) is 0 Å². The van der Waals surface area contributed by atoms with Crippen LogP contribution < -0.4 is 5.32 Å². The number of carboxylic acids is 1. The molecule has 0 unspecified atom stereocenters.